The first-order valence-electron chi connectivity index (χ1n) is 8.72. The van der Waals surface area contributed by atoms with Crippen molar-refractivity contribution in [3.05, 3.63) is 90.5 Å². The molecule has 0 heterocycles. The van der Waals surface area contributed by atoms with Gasteiger partial charge < -0.3 is 16.0 Å². The maximum Gasteiger partial charge on any atom is 0.243 e. The summed E-state index contributed by atoms with van der Waals surface area (Å²) in [6.07, 6.45) is 0.258. The lowest BCUT2D eigenvalue weighted by molar-refractivity contribution is -0.123. The molecular weight excluding hydrogens is 338 g/mol. The van der Waals surface area contributed by atoms with E-state index in [0.717, 1.165) is 16.9 Å². The van der Waals surface area contributed by atoms with Crippen LogP contribution in [0, 0.1) is 0 Å². The fourth-order valence-electron chi connectivity index (χ4n) is 2.55. The van der Waals surface area contributed by atoms with Crippen molar-refractivity contribution < 1.29 is 9.59 Å². The predicted molar refractivity (Wildman–Crippen MR) is 108 cm³/mol. The monoisotopic (exact) mass is 359 g/mol. The van der Waals surface area contributed by atoms with Gasteiger partial charge in [0.1, 0.15) is 0 Å². The molecular formula is C22H21N3O2. The van der Waals surface area contributed by atoms with E-state index < -0.39 is 0 Å². The number of amides is 2. The molecule has 0 aromatic heterocycles. The third-order valence-electron chi connectivity index (χ3n) is 3.88. The maximum atomic E-state index is 12.0. The molecule has 0 saturated heterocycles. The quantitative estimate of drug-likeness (QED) is 0.602. The van der Waals surface area contributed by atoms with Gasteiger partial charge in [-0.25, -0.2) is 0 Å². The van der Waals surface area contributed by atoms with Crippen molar-refractivity contribution in [2.75, 3.05) is 17.2 Å². The first-order valence-corrected chi connectivity index (χ1v) is 8.72. The van der Waals surface area contributed by atoms with Gasteiger partial charge in [-0.1, -0.05) is 48.5 Å². The van der Waals surface area contributed by atoms with E-state index in [1.54, 1.807) is 0 Å². The lowest BCUT2D eigenvalue weighted by Crippen LogP contribution is -2.33. The second-order valence-electron chi connectivity index (χ2n) is 6.06. The molecule has 2 amide bonds. The molecule has 0 atom stereocenters. The highest BCUT2D eigenvalue weighted by atomic mass is 16.2. The molecule has 5 nitrogen and oxygen atoms in total. The smallest absolute Gasteiger partial charge is 0.243 e. The number of rotatable bonds is 7. The Labute approximate surface area is 158 Å². The van der Waals surface area contributed by atoms with Crippen LogP contribution in [0.2, 0.25) is 0 Å². The molecule has 0 radical (unpaired) electrons. The SMILES string of the molecule is O=C(Cc1ccccc1)NCC(=O)Nc1ccc(Nc2ccccc2)cc1. The fraction of sp³-hybridized carbons (Fsp3) is 0.0909. The molecule has 0 fully saturated rings. The van der Waals surface area contributed by atoms with Crippen molar-refractivity contribution in [2.45, 2.75) is 6.42 Å². The van der Waals surface area contributed by atoms with Crippen molar-refractivity contribution in [3.8, 4) is 0 Å². The largest absolute Gasteiger partial charge is 0.356 e. The molecule has 27 heavy (non-hydrogen) atoms. The molecule has 0 spiro atoms. The lowest BCUT2D eigenvalue weighted by atomic mass is 10.1. The highest BCUT2D eigenvalue weighted by Crippen LogP contribution is 2.18. The van der Waals surface area contributed by atoms with Crippen LogP contribution in [-0.2, 0) is 16.0 Å². The van der Waals surface area contributed by atoms with Gasteiger partial charge in [-0.2, -0.15) is 0 Å². The molecule has 5 heteroatoms. The van der Waals surface area contributed by atoms with Crippen molar-refractivity contribution >= 4 is 28.9 Å². The van der Waals surface area contributed by atoms with Gasteiger partial charge in [-0.05, 0) is 42.0 Å². The molecule has 0 aliphatic heterocycles. The lowest BCUT2D eigenvalue weighted by Gasteiger charge is -2.09. The Morgan fingerprint density at radius 1 is 0.630 bits per heavy atom. The first-order chi connectivity index (χ1) is 13.2. The maximum absolute atomic E-state index is 12.0. The van der Waals surface area contributed by atoms with Crippen LogP contribution in [0.1, 0.15) is 5.56 Å². The van der Waals surface area contributed by atoms with E-state index in [-0.39, 0.29) is 24.8 Å². The Balaban J connectivity index is 1.44. The van der Waals surface area contributed by atoms with Crippen LogP contribution in [0.25, 0.3) is 0 Å². The van der Waals surface area contributed by atoms with Gasteiger partial charge in [0.2, 0.25) is 11.8 Å². The summed E-state index contributed by atoms with van der Waals surface area (Å²) in [6, 6.07) is 26.7. The zero-order chi connectivity index (χ0) is 18.9. The number of hydrogen-bond acceptors (Lipinski definition) is 3. The fourth-order valence-corrected chi connectivity index (χ4v) is 2.55. The molecule has 3 aromatic rings. The highest BCUT2D eigenvalue weighted by Gasteiger charge is 2.07. The summed E-state index contributed by atoms with van der Waals surface area (Å²) in [4.78, 5) is 23.9. The van der Waals surface area contributed by atoms with E-state index in [1.165, 1.54) is 0 Å². The predicted octanol–water partition coefficient (Wildman–Crippen LogP) is 3.73. The third-order valence-corrected chi connectivity index (χ3v) is 3.88. The normalized spacial score (nSPS) is 10.1. The molecule has 136 valence electrons. The summed E-state index contributed by atoms with van der Waals surface area (Å²) in [5, 5.41) is 8.68. The highest BCUT2D eigenvalue weighted by molar-refractivity contribution is 5.94. The summed E-state index contributed by atoms with van der Waals surface area (Å²) in [7, 11) is 0. The molecule has 0 unspecified atom stereocenters. The summed E-state index contributed by atoms with van der Waals surface area (Å²) < 4.78 is 0. The average Bonchev–Trinajstić information content (AvgIpc) is 2.70. The summed E-state index contributed by atoms with van der Waals surface area (Å²) in [6.45, 7) is -0.0598. The van der Waals surface area contributed by atoms with Crippen molar-refractivity contribution in [2.24, 2.45) is 0 Å². The van der Waals surface area contributed by atoms with E-state index in [0.29, 0.717) is 5.69 Å². The molecule has 3 aromatic carbocycles. The van der Waals surface area contributed by atoms with Crippen molar-refractivity contribution in [3.63, 3.8) is 0 Å². The number of para-hydroxylation sites is 1. The zero-order valence-electron chi connectivity index (χ0n) is 14.8. The van der Waals surface area contributed by atoms with Crippen LogP contribution in [0.3, 0.4) is 0 Å². The van der Waals surface area contributed by atoms with Crippen LogP contribution in [0.5, 0.6) is 0 Å². The summed E-state index contributed by atoms with van der Waals surface area (Å²) in [5.41, 5.74) is 3.51. The van der Waals surface area contributed by atoms with Gasteiger partial charge in [0.25, 0.3) is 0 Å². The summed E-state index contributed by atoms with van der Waals surface area (Å²) >= 11 is 0. The Morgan fingerprint density at radius 3 is 1.85 bits per heavy atom. The van der Waals surface area contributed by atoms with Gasteiger partial charge in [-0.3, -0.25) is 9.59 Å². The van der Waals surface area contributed by atoms with Crippen molar-refractivity contribution in [1.82, 2.24) is 5.32 Å². The van der Waals surface area contributed by atoms with Gasteiger partial charge >= 0.3 is 0 Å². The molecule has 0 aliphatic carbocycles. The van der Waals surface area contributed by atoms with Crippen LogP contribution < -0.4 is 16.0 Å². The number of benzene rings is 3. The van der Waals surface area contributed by atoms with Gasteiger partial charge in [0.05, 0.1) is 13.0 Å². The average molecular weight is 359 g/mol. The Kier molecular flexibility index (Phi) is 6.20. The Bertz CT molecular complexity index is 878. The number of hydrogen-bond donors (Lipinski definition) is 3. The van der Waals surface area contributed by atoms with Crippen LogP contribution in [0.15, 0.2) is 84.9 Å². The van der Waals surface area contributed by atoms with Gasteiger partial charge in [0.15, 0.2) is 0 Å². The van der Waals surface area contributed by atoms with E-state index in [9.17, 15) is 9.59 Å². The molecule has 0 saturated carbocycles. The van der Waals surface area contributed by atoms with Crippen LogP contribution >= 0.6 is 0 Å². The minimum atomic E-state index is -0.264. The molecule has 0 aliphatic rings. The van der Waals surface area contributed by atoms with Crippen LogP contribution in [0.4, 0.5) is 17.1 Å². The van der Waals surface area contributed by atoms with Crippen LogP contribution in [-0.4, -0.2) is 18.4 Å². The standard InChI is InChI=1S/C22H21N3O2/c26-21(15-17-7-3-1-4-8-17)23-16-22(27)25-20-13-11-19(12-14-20)24-18-9-5-2-6-10-18/h1-14,24H,15-16H2,(H,23,26)(H,25,27). The number of nitrogens with one attached hydrogen (secondary N) is 3. The number of carbonyl (C=O) groups excluding carboxylic acids is 2. The number of carbonyl (C=O) groups is 2. The second kappa shape index (κ2) is 9.20. The van der Waals surface area contributed by atoms with Gasteiger partial charge in [0, 0.05) is 17.1 Å². The first kappa shape index (κ1) is 18.2. The van der Waals surface area contributed by atoms with E-state index >= 15 is 0 Å². The zero-order valence-corrected chi connectivity index (χ0v) is 14.8. The van der Waals surface area contributed by atoms with Gasteiger partial charge in [-0.15, -0.1) is 0 Å². The Hall–Kier alpha value is -3.60. The topological polar surface area (TPSA) is 70.2 Å². The number of anilines is 3. The Morgan fingerprint density at radius 2 is 1.19 bits per heavy atom. The third kappa shape index (κ3) is 6.01. The summed E-state index contributed by atoms with van der Waals surface area (Å²) in [5.74, 6) is -0.445. The minimum absolute atomic E-state index is 0.0598. The second-order valence-corrected chi connectivity index (χ2v) is 6.06. The molecule has 3 N–H and O–H groups in total. The minimum Gasteiger partial charge on any atom is -0.356 e. The molecule has 0 bridgehead atoms. The van der Waals surface area contributed by atoms with E-state index in [4.69, 9.17) is 0 Å². The molecule has 3 rings (SSSR count). The van der Waals surface area contributed by atoms with E-state index in [1.807, 2.05) is 84.9 Å². The van der Waals surface area contributed by atoms with Crippen molar-refractivity contribution in [1.29, 1.82) is 0 Å². The van der Waals surface area contributed by atoms with E-state index in [2.05, 4.69) is 16.0 Å².